The Bertz CT molecular complexity index is 475. The molecule has 1 aromatic carbocycles. The topological polar surface area (TPSA) is 18.5 Å². The maximum Gasteiger partial charge on any atom is 0.123 e. The molecular weight excluding hydrogens is 328 g/mol. The predicted octanol–water partition coefficient (Wildman–Crippen LogP) is 6.65. The molecule has 1 heterocycles. The van der Waals surface area contributed by atoms with Gasteiger partial charge in [-0.05, 0) is 30.4 Å². The van der Waals surface area contributed by atoms with Crippen LogP contribution in [0.2, 0.25) is 0 Å². The summed E-state index contributed by atoms with van der Waals surface area (Å²) >= 11 is 2.05. The largest absolute Gasteiger partial charge is 0.497 e. The first-order chi connectivity index (χ1) is 12.3. The van der Waals surface area contributed by atoms with Crippen molar-refractivity contribution < 1.29 is 9.47 Å². The van der Waals surface area contributed by atoms with Crippen LogP contribution in [-0.2, 0) is 6.42 Å². The van der Waals surface area contributed by atoms with Gasteiger partial charge in [-0.25, -0.2) is 0 Å². The van der Waals surface area contributed by atoms with Crippen molar-refractivity contribution in [1.82, 2.24) is 0 Å². The van der Waals surface area contributed by atoms with E-state index < -0.39 is 0 Å². The van der Waals surface area contributed by atoms with E-state index in [9.17, 15) is 0 Å². The quantitative estimate of drug-likeness (QED) is 0.344. The zero-order chi connectivity index (χ0) is 17.7. The molecule has 0 spiro atoms. The molecule has 0 N–H and O–H groups in total. The fourth-order valence-corrected chi connectivity index (χ4v) is 4.45. The molecule has 0 radical (unpaired) electrons. The molecule has 1 aliphatic heterocycles. The minimum atomic E-state index is 0.343. The molecule has 0 fully saturated rings. The van der Waals surface area contributed by atoms with E-state index in [0.717, 1.165) is 23.7 Å². The van der Waals surface area contributed by atoms with Crippen molar-refractivity contribution in [1.29, 1.82) is 0 Å². The molecule has 1 atom stereocenters. The van der Waals surface area contributed by atoms with Crippen molar-refractivity contribution in [3.8, 4) is 11.5 Å². The summed E-state index contributed by atoms with van der Waals surface area (Å²) < 4.78 is 11.3. The van der Waals surface area contributed by atoms with E-state index in [2.05, 4.69) is 24.8 Å². The summed E-state index contributed by atoms with van der Waals surface area (Å²) in [6, 6.07) is 6.14. The molecule has 0 aromatic heterocycles. The average molecular weight is 365 g/mol. The molecule has 0 aliphatic carbocycles. The standard InChI is InChI=1S/C22H36O2S/c1-3-4-5-6-7-8-9-10-11-12-15-25-18-21-17-19-16-20(23-2)13-14-22(19)24-21/h13-14,16,21H,3-12,15,17-18H2,1-2H3. The lowest BCUT2D eigenvalue weighted by molar-refractivity contribution is 0.259. The van der Waals surface area contributed by atoms with Gasteiger partial charge in [0.25, 0.3) is 0 Å². The number of rotatable bonds is 14. The molecular formula is C22H36O2S. The monoisotopic (exact) mass is 364 g/mol. The summed E-state index contributed by atoms with van der Waals surface area (Å²) in [6.45, 7) is 2.28. The molecule has 2 nitrogen and oxygen atoms in total. The van der Waals surface area contributed by atoms with Gasteiger partial charge in [0.2, 0.25) is 0 Å². The van der Waals surface area contributed by atoms with Gasteiger partial charge in [-0.1, -0.05) is 64.7 Å². The third kappa shape index (κ3) is 7.94. The predicted molar refractivity (Wildman–Crippen MR) is 110 cm³/mol. The van der Waals surface area contributed by atoms with Gasteiger partial charge in [-0.2, -0.15) is 11.8 Å². The van der Waals surface area contributed by atoms with Crippen molar-refractivity contribution in [2.45, 2.75) is 83.7 Å². The van der Waals surface area contributed by atoms with Crippen molar-refractivity contribution in [3.63, 3.8) is 0 Å². The highest BCUT2D eigenvalue weighted by atomic mass is 32.2. The molecule has 142 valence electrons. The van der Waals surface area contributed by atoms with Crippen LogP contribution in [-0.4, -0.2) is 24.7 Å². The second-order valence-electron chi connectivity index (χ2n) is 7.17. The van der Waals surface area contributed by atoms with E-state index in [1.165, 1.54) is 75.5 Å². The molecule has 1 unspecified atom stereocenters. The smallest absolute Gasteiger partial charge is 0.123 e. The lowest BCUT2D eigenvalue weighted by atomic mass is 10.1. The van der Waals surface area contributed by atoms with Crippen molar-refractivity contribution in [2.75, 3.05) is 18.6 Å². The first kappa shape index (κ1) is 20.5. The Balaban J connectivity index is 1.42. The second-order valence-corrected chi connectivity index (χ2v) is 8.32. The number of hydrogen-bond donors (Lipinski definition) is 0. The van der Waals surface area contributed by atoms with Gasteiger partial charge in [-0.3, -0.25) is 0 Å². The van der Waals surface area contributed by atoms with Gasteiger partial charge in [0.1, 0.15) is 17.6 Å². The lowest BCUT2D eigenvalue weighted by Crippen LogP contribution is -2.16. The Hall–Kier alpha value is -0.830. The van der Waals surface area contributed by atoms with Gasteiger partial charge in [0, 0.05) is 17.7 Å². The van der Waals surface area contributed by atoms with Crippen LogP contribution in [0.15, 0.2) is 18.2 Å². The third-order valence-electron chi connectivity index (χ3n) is 4.95. The van der Waals surface area contributed by atoms with E-state index in [0.29, 0.717) is 6.10 Å². The van der Waals surface area contributed by atoms with Gasteiger partial charge >= 0.3 is 0 Å². The molecule has 0 saturated heterocycles. The molecule has 0 bridgehead atoms. The maximum atomic E-state index is 6.03. The second kappa shape index (κ2) is 12.5. The molecule has 3 heteroatoms. The first-order valence-electron chi connectivity index (χ1n) is 10.2. The number of thioether (sulfide) groups is 1. The van der Waals surface area contributed by atoms with E-state index in [1.807, 2.05) is 12.1 Å². The van der Waals surface area contributed by atoms with Gasteiger partial charge < -0.3 is 9.47 Å². The van der Waals surface area contributed by atoms with Crippen molar-refractivity contribution >= 4 is 11.8 Å². The Morgan fingerprint density at radius 3 is 2.36 bits per heavy atom. The normalized spacial score (nSPS) is 15.8. The summed E-state index contributed by atoms with van der Waals surface area (Å²) in [5.41, 5.74) is 1.30. The fourth-order valence-electron chi connectivity index (χ4n) is 3.42. The number of unbranched alkanes of at least 4 members (excludes halogenated alkanes) is 9. The number of methoxy groups -OCH3 is 1. The lowest BCUT2D eigenvalue weighted by Gasteiger charge is -2.10. The van der Waals surface area contributed by atoms with E-state index in [-0.39, 0.29) is 0 Å². The van der Waals surface area contributed by atoms with Crippen LogP contribution in [0.5, 0.6) is 11.5 Å². The van der Waals surface area contributed by atoms with Gasteiger partial charge in [0.15, 0.2) is 0 Å². The summed E-state index contributed by atoms with van der Waals surface area (Å²) in [4.78, 5) is 0. The molecule has 0 amide bonds. The van der Waals surface area contributed by atoms with E-state index in [1.54, 1.807) is 7.11 Å². The van der Waals surface area contributed by atoms with Gasteiger partial charge in [0.05, 0.1) is 7.11 Å². The Labute approximate surface area is 159 Å². The molecule has 0 saturated carbocycles. The van der Waals surface area contributed by atoms with Gasteiger partial charge in [-0.15, -0.1) is 0 Å². The van der Waals surface area contributed by atoms with E-state index >= 15 is 0 Å². The van der Waals surface area contributed by atoms with Crippen LogP contribution in [0.25, 0.3) is 0 Å². The summed E-state index contributed by atoms with van der Waals surface area (Å²) in [7, 11) is 1.72. The molecule has 2 rings (SSSR count). The molecule has 25 heavy (non-hydrogen) atoms. The van der Waals surface area contributed by atoms with Crippen molar-refractivity contribution in [2.24, 2.45) is 0 Å². The molecule has 1 aliphatic rings. The number of benzene rings is 1. The van der Waals surface area contributed by atoms with Crippen LogP contribution < -0.4 is 9.47 Å². The number of ether oxygens (including phenoxy) is 2. The van der Waals surface area contributed by atoms with Crippen LogP contribution in [0.3, 0.4) is 0 Å². The van der Waals surface area contributed by atoms with Crippen molar-refractivity contribution in [3.05, 3.63) is 23.8 Å². The third-order valence-corrected chi connectivity index (χ3v) is 6.14. The van der Waals surface area contributed by atoms with Crippen LogP contribution in [0.4, 0.5) is 0 Å². The summed E-state index contributed by atoms with van der Waals surface area (Å²) in [5, 5.41) is 0. The summed E-state index contributed by atoms with van der Waals surface area (Å²) in [6.07, 6.45) is 15.5. The van der Waals surface area contributed by atoms with Crippen LogP contribution in [0.1, 0.15) is 76.7 Å². The Kier molecular flexibility index (Phi) is 10.3. The minimum Gasteiger partial charge on any atom is -0.497 e. The number of fused-ring (bicyclic) bond motifs is 1. The highest BCUT2D eigenvalue weighted by Gasteiger charge is 2.22. The van der Waals surface area contributed by atoms with E-state index in [4.69, 9.17) is 9.47 Å². The summed E-state index contributed by atoms with van der Waals surface area (Å²) in [5.74, 6) is 4.36. The zero-order valence-corrected chi connectivity index (χ0v) is 17.0. The Morgan fingerprint density at radius 1 is 1.00 bits per heavy atom. The Morgan fingerprint density at radius 2 is 1.68 bits per heavy atom. The highest BCUT2D eigenvalue weighted by molar-refractivity contribution is 7.99. The van der Waals surface area contributed by atoms with Crippen LogP contribution in [0, 0.1) is 0 Å². The number of hydrogen-bond acceptors (Lipinski definition) is 3. The highest BCUT2D eigenvalue weighted by Crippen LogP contribution is 2.33. The first-order valence-corrected chi connectivity index (χ1v) is 11.4. The maximum absolute atomic E-state index is 6.03. The fraction of sp³-hybridized carbons (Fsp3) is 0.727. The minimum absolute atomic E-state index is 0.343. The zero-order valence-electron chi connectivity index (χ0n) is 16.2. The van der Waals surface area contributed by atoms with Crippen LogP contribution >= 0.6 is 11.8 Å². The molecule has 1 aromatic rings. The average Bonchev–Trinajstić information content (AvgIpc) is 3.04. The SMILES string of the molecule is CCCCCCCCCCCCSCC1Cc2cc(OC)ccc2O1.